The average Bonchev–Trinajstić information content (AvgIpc) is 2.69. The van der Waals surface area contributed by atoms with Crippen LogP contribution < -0.4 is 5.73 Å². The van der Waals surface area contributed by atoms with Crippen molar-refractivity contribution in [1.82, 2.24) is 9.78 Å². The van der Waals surface area contributed by atoms with Gasteiger partial charge in [-0.2, -0.15) is 5.10 Å². The molecule has 3 nitrogen and oxygen atoms in total. The molecule has 1 heterocycles. The second-order valence-corrected chi connectivity index (χ2v) is 4.54. The summed E-state index contributed by atoms with van der Waals surface area (Å²) in [6, 6.07) is 4.46. The molecule has 1 unspecified atom stereocenters. The molecule has 0 fully saturated rings. The maximum atomic E-state index is 13.1. The van der Waals surface area contributed by atoms with Crippen molar-refractivity contribution in [2.45, 2.75) is 26.3 Å². The Labute approximate surface area is 106 Å². The fraction of sp³-hybridized carbons (Fsp3) is 0.357. The van der Waals surface area contributed by atoms with Crippen molar-refractivity contribution in [3.8, 4) is 0 Å². The number of aryl methyl sites for hydroxylation is 3. The monoisotopic (exact) mass is 247 g/mol. The fourth-order valence-corrected chi connectivity index (χ4v) is 2.24. The lowest BCUT2D eigenvalue weighted by atomic mass is 9.95. The Balaban J connectivity index is 2.43. The van der Waals surface area contributed by atoms with Gasteiger partial charge in [0.1, 0.15) is 5.82 Å². The number of nitrogens with zero attached hydrogens (tertiary/aromatic N) is 2. The smallest absolute Gasteiger partial charge is 0.123 e. The van der Waals surface area contributed by atoms with Crippen LogP contribution >= 0.6 is 0 Å². The highest BCUT2D eigenvalue weighted by molar-refractivity contribution is 5.37. The number of halogens is 1. The molecule has 96 valence electrons. The van der Waals surface area contributed by atoms with Crippen LogP contribution in [0, 0.1) is 12.7 Å². The van der Waals surface area contributed by atoms with Gasteiger partial charge in [-0.05, 0) is 36.6 Å². The van der Waals surface area contributed by atoms with Crippen molar-refractivity contribution in [2.75, 3.05) is 0 Å². The second kappa shape index (κ2) is 4.90. The summed E-state index contributed by atoms with van der Waals surface area (Å²) in [5.41, 5.74) is 10.1. The summed E-state index contributed by atoms with van der Waals surface area (Å²) < 4.78 is 14.9. The van der Waals surface area contributed by atoms with E-state index in [4.69, 9.17) is 5.73 Å². The van der Waals surface area contributed by atoms with Gasteiger partial charge in [0.05, 0.1) is 11.7 Å². The van der Waals surface area contributed by atoms with Crippen molar-refractivity contribution < 1.29 is 4.39 Å². The summed E-state index contributed by atoms with van der Waals surface area (Å²) in [5, 5.41) is 4.39. The zero-order valence-electron chi connectivity index (χ0n) is 10.9. The predicted octanol–water partition coefficient (Wildman–Crippen LogP) is 2.48. The third-order valence-electron chi connectivity index (χ3n) is 3.17. The Bertz CT molecular complexity index is 560. The van der Waals surface area contributed by atoms with Gasteiger partial charge in [0.2, 0.25) is 0 Å². The van der Waals surface area contributed by atoms with Gasteiger partial charge in [-0.1, -0.05) is 13.0 Å². The number of aromatic nitrogens is 2. The van der Waals surface area contributed by atoms with E-state index < -0.39 is 0 Å². The Morgan fingerprint density at radius 3 is 2.72 bits per heavy atom. The van der Waals surface area contributed by atoms with Crippen LogP contribution in [0.1, 0.15) is 35.3 Å². The van der Waals surface area contributed by atoms with Crippen molar-refractivity contribution >= 4 is 0 Å². The topological polar surface area (TPSA) is 43.8 Å². The van der Waals surface area contributed by atoms with E-state index >= 15 is 0 Å². The molecule has 0 saturated heterocycles. The summed E-state index contributed by atoms with van der Waals surface area (Å²) in [6.07, 6.45) is 2.77. The number of hydrogen-bond donors (Lipinski definition) is 1. The molecule has 2 aromatic rings. The lowest BCUT2D eigenvalue weighted by molar-refractivity contribution is 0.624. The van der Waals surface area contributed by atoms with Gasteiger partial charge in [-0.25, -0.2) is 4.39 Å². The molecule has 18 heavy (non-hydrogen) atoms. The van der Waals surface area contributed by atoms with E-state index in [9.17, 15) is 4.39 Å². The molecule has 1 aromatic heterocycles. The molecule has 0 aliphatic carbocycles. The van der Waals surface area contributed by atoms with Crippen LogP contribution in [0.5, 0.6) is 0 Å². The molecule has 4 heteroatoms. The van der Waals surface area contributed by atoms with Crippen LogP contribution in [0.3, 0.4) is 0 Å². The Morgan fingerprint density at radius 1 is 1.39 bits per heavy atom. The maximum Gasteiger partial charge on any atom is 0.123 e. The van der Waals surface area contributed by atoms with Gasteiger partial charge in [-0.3, -0.25) is 4.68 Å². The van der Waals surface area contributed by atoms with Crippen LogP contribution in [0.2, 0.25) is 0 Å². The fourth-order valence-electron chi connectivity index (χ4n) is 2.24. The highest BCUT2D eigenvalue weighted by atomic mass is 19.1. The number of nitrogens with two attached hydrogens (primary N) is 1. The molecule has 1 atom stereocenters. The minimum atomic E-state index is -0.255. The predicted molar refractivity (Wildman–Crippen MR) is 69.8 cm³/mol. The molecule has 0 saturated carbocycles. The lowest BCUT2D eigenvalue weighted by Crippen LogP contribution is -2.14. The van der Waals surface area contributed by atoms with Crippen LogP contribution in [-0.2, 0) is 13.5 Å². The van der Waals surface area contributed by atoms with E-state index in [1.54, 1.807) is 10.7 Å². The Morgan fingerprint density at radius 2 is 2.11 bits per heavy atom. The van der Waals surface area contributed by atoms with E-state index in [1.165, 1.54) is 12.1 Å². The van der Waals surface area contributed by atoms with Crippen LogP contribution in [-0.4, -0.2) is 9.78 Å². The zero-order valence-corrected chi connectivity index (χ0v) is 10.9. The summed E-state index contributed by atoms with van der Waals surface area (Å²) in [7, 11) is 1.88. The normalized spacial score (nSPS) is 12.7. The van der Waals surface area contributed by atoms with E-state index in [0.717, 1.165) is 28.8 Å². The average molecular weight is 247 g/mol. The molecule has 2 N–H and O–H groups in total. The largest absolute Gasteiger partial charge is 0.320 e. The molecule has 0 spiro atoms. The minimum absolute atomic E-state index is 0.231. The lowest BCUT2D eigenvalue weighted by Gasteiger charge is -2.14. The van der Waals surface area contributed by atoms with E-state index in [1.807, 2.05) is 20.2 Å². The van der Waals surface area contributed by atoms with Gasteiger partial charge >= 0.3 is 0 Å². The molecule has 0 radical (unpaired) electrons. The van der Waals surface area contributed by atoms with Crippen LogP contribution in [0.15, 0.2) is 24.4 Å². The van der Waals surface area contributed by atoms with Crippen molar-refractivity contribution in [1.29, 1.82) is 0 Å². The van der Waals surface area contributed by atoms with E-state index in [0.29, 0.717) is 0 Å². The molecular formula is C14H18FN3. The first kappa shape index (κ1) is 12.8. The van der Waals surface area contributed by atoms with Gasteiger partial charge in [0.25, 0.3) is 0 Å². The summed E-state index contributed by atoms with van der Waals surface area (Å²) >= 11 is 0. The quantitative estimate of drug-likeness (QED) is 0.905. The molecule has 1 aromatic carbocycles. The van der Waals surface area contributed by atoms with Crippen molar-refractivity contribution in [3.63, 3.8) is 0 Å². The van der Waals surface area contributed by atoms with E-state index in [2.05, 4.69) is 12.0 Å². The SMILES string of the molecule is CCc1nn(C)cc1C(N)c1ccc(F)cc1C. The first-order valence-electron chi connectivity index (χ1n) is 6.07. The summed E-state index contributed by atoms with van der Waals surface area (Å²) in [4.78, 5) is 0. The second-order valence-electron chi connectivity index (χ2n) is 4.54. The Kier molecular flexibility index (Phi) is 3.48. The molecular weight excluding hydrogens is 229 g/mol. The van der Waals surface area contributed by atoms with Crippen molar-refractivity contribution in [3.05, 3.63) is 52.6 Å². The zero-order chi connectivity index (χ0) is 13.3. The first-order chi connectivity index (χ1) is 8.52. The highest BCUT2D eigenvalue weighted by Crippen LogP contribution is 2.25. The first-order valence-corrected chi connectivity index (χ1v) is 6.07. The molecule has 0 aliphatic rings. The van der Waals surface area contributed by atoms with E-state index in [-0.39, 0.29) is 11.9 Å². The van der Waals surface area contributed by atoms with Gasteiger partial charge in [0, 0.05) is 18.8 Å². The number of rotatable bonds is 3. The highest BCUT2D eigenvalue weighted by Gasteiger charge is 2.17. The Hall–Kier alpha value is -1.68. The standard InChI is InChI=1S/C14H18FN3/c1-4-13-12(8-18(3)17-13)14(16)11-6-5-10(15)7-9(11)2/h5-8,14H,4,16H2,1-3H3. The molecule has 0 bridgehead atoms. The maximum absolute atomic E-state index is 13.1. The summed E-state index contributed by atoms with van der Waals surface area (Å²) in [5.74, 6) is -0.231. The molecule has 0 amide bonds. The number of hydrogen-bond acceptors (Lipinski definition) is 2. The molecule has 2 rings (SSSR count). The minimum Gasteiger partial charge on any atom is -0.320 e. The number of benzene rings is 1. The third-order valence-corrected chi connectivity index (χ3v) is 3.17. The molecule has 0 aliphatic heterocycles. The summed E-state index contributed by atoms with van der Waals surface area (Å²) in [6.45, 7) is 3.93. The third kappa shape index (κ3) is 2.29. The van der Waals surface area contributed by atoms with Gasteiger partial charge in [-0.15, -0.1) is 0 Å². The van der Waals surface area contributed by atoms with Gasteiger partial charge < -0.3 is 5.73 Å². The van der Waals surface area contributed by atoms with Crippen molar-refractivity contribution in [2.24, 2.45) is 12.8 Å². The van der Waals surface area contributed by atoms with Crippen LogP contribution in [0.25, 0.3) is 0 Å². The van der Waals surface area contributed by atoms with Gasteiger partial charge in [0.15, 0.2) is 0 Å². The van der Waals surface area contributed by atoms with Crippen LogP contribution in [0.4, 0.5) is 4.39 Å².